The van der Waals surface area contributed by atoms with Crippen LogP contribution in [-0.2, 0) is 4.79 Å². The Morgan fingerprint density at radius 3 is 3.00 bits per heavy atom. The normalized spacial score (nSPS) is 23.5. The molecule has 3 N–H and O–H groups in total. The summed E-state index contributed by atoms with van der Waals surface area (Å²) in [6.07, 6.45) is 5.17. The predicted molar refractivity (Wildman–Crippen MR) is 59.6 cm³/mol. The molecule has 1 fully saturated rings. The summed E-state index contributed by atoms with van der Waals surface area (Å²) in [5.74, 6) is 0.0453. The van der Waals surface area contributed by atoms with Gasteiger partial charge in [-0.25, -0.2) is 0 Å². The summed E-state index contributed by atoms with van der Waals surface area (Å²) in [5.41, 5.74) is 0. The van der Waals surface area contributed by atoms with Crippen LogP contribution in [-0.4, -0.2) is 36.2 Å². The van der Waals surface area contributed by atoms with Gasteiger partial charge in [-0.05, 0) is 32.7 Å². The standard InChI is InChI=1S/C11H22N2O2/c1-9(8-14)13-11(15)6-5-10-4-2-3-7-12-10/h9-10,12,14H,2-8H2,1H3,(H,13,15)/t9-,10?/m1/s1. The molecule has 0 aliphatic carbocycles. The Morgan fingerprint density at radius 2 is 2.40 bits per heavy atom. The molecule has 1 aliphatic rings. The molecular weight excluding hydrogens is 192 g/mol. The molecule has 15 heavy (non-hydrogen) atoms. The maximum absolute atomic E-state index is 11.4. The molecular formula is C11H22N2O2. The molecule has 0 saturated carbocycles. The first kappa shape index (κ1) is 12.5. The lowest BCUT2D eigenvalue weighted by Crippen LogP contribution is -2.38. The third kappa shape index (κ3) is 5.14. The van der Waals surface area contributed by atoms with Crippen molar-refractivity contribution >= 4 is 5.91 Å². The first-order valence-electron chi connectivity index (χ1n) is 5.86. The number of carbonyl (C=O) groups is 1. The highest BCUT2D eigenvalue weighted by atomic mass is 16.3. The van der Waals surface area contributed by atoms with Crippen LogP contribution in [0.1, 0.15) is 39.0 Å². The average molecular weight is 214 g/mol. The maximum atomic E-state index is 11.4. The monoisotopic (exact) mass is 214 g/mol. The number of amides is 1. The minimum atomic E-state index is -0.128. The lowest BCUT2D eigenvalue weighted by molar-refractivity contribution is -0.122. The maximum Gasteiger partial charge on any atom is 0.220 e. The fourth-order valence-corrected chi connectivity index (χ4v) is 1.87. The molecule has 0 spiro atoms. The van der Waals surface area contributed by atoms with Gasteiger partial charge in [0, 0.05) is 18.5 Å². The van der Waals surface area contributed by atoms with E-state index in [1.807, 2.05) is 0 Å². The Balaban J connectivity index is 2.10. The molecule has 0 radical (unpaired) electrons. The van der Waals surface area contributed by atoms with Crippen LogP contribution in [0.25, 0.3) is 0 Å². The smallest absolute Gasteiger partial charge is 0.220 e. The van der Waals surface area contributed by atoms with Crippen LogP contribution in [0.15, 0.2) is 0 Å². The highest BCUT2D eigenvalue weighted by molar-refractivity contribution is 5.76. The molecule has 88 valence electrons. The number of carbonyl (C=O) groups excluding carboxylic acids is 1. The van der Waals surface area contributed by atoms with E-state index in [0.717, 1.165) is 13.0 Å². The highest BCUT2D eigenvalue weighted by Crippen LogP contribution is 2.11. The van der Waals surface area contributed by atoms with Crippen molar-refractivity contribution in [3.05, 3.63) is 0 Å². The highest BCUT2D eigenvalue weighted by Gasteiger charge is 2.14. The number of aliphatic hydroxyl groups is 1. The molecule has 1 heterocycles. The van der Waals surface area contributed by atoms with E-state index in [1.54, 1.807) is 6.92 Å². The summed E-state index contributed by atoms with van der Waals surface area (Å²) in [5, 5.41) is 14.9. The van der Waals surface area contributed by atoms with Gasteiger partial charge in [0.1, 0.15) is 0 Å². The van der Waals surface area contributed by atoms with Gasteiger partial charge in [-0.1, -0.05) is 6.42 Å². The molecule has 0 aromatic heterocycles. The SMILES string of the molecule is C[C@H](CO)NC(=O)CCC1CCCCN1. The zero-order chi connectivity index (χ0) is 11.1. The lowest BCUT2D eigenvalue weighted by atomic mass is 10.0. The zero-order valence-corrected chi connectivity index (χ0v) is 9.46. The molecule has 1 amide bonds. The second kappa shape index (κ2) is 6.80. The van der Waals surface area contributed by atoms with Gasteiger partial charge in [0.25, 0.3) is 0 Å². The van der Waals surface area contributed by atoms with Crippen molar-refractivity contribution in [1.82, 2.24) is 10.6 Å². The second-order valence-electron chi connectivity index (χ2n) is 4.34. The van der Waals surface area contributed by atoms with E-state index in [-0.39, 0.29) is 18.6 Å². The molecule has 1 rings (SSSR count). The third-order valence-electron chi connectivity index (χ3n) is 2.81. The number of nitrogens with one attached hydrogen (secondary N) is 2. The molecule has 0 bridgehead atoms. The van der Waals surface area contributed by atoms with Gasteiger partial charge in [0.05, 0.1) is 6.61 Å². The number of aliphatic hydroxyl groups excluding tert-OH is 1. The summed E-state index contributed by atoms with van der Waals surface area (Å²) in [6.45, 7) is 2.89. The van der Waals surface area contributed by atoms with Crippen molar-refractivity contribution in [3.63, 3.8) is 0 Å². The Kier molecular flexibility index (Phi) is 5.65. The number of hydrogen-bond acceptors (Lipinski definition) is 3. The quantitative estimate of drug-likeness (QED) is 0.621. The van der Waals surface area contributed by atoms with Crippen molar-refractivity contribution in [2.24, 2.45) is 0 Å². The van der Waals surface area contributed by atoms with Crippen LogP contribution in [0.4, 0.5) is 0 Å². The van der Waals surface area contributed by atoms with E-state index < -0.39 is 0 Å². The summed E-state index contributed by atoms with van der Waals surface area (Å²) >= 11 is 0. The summed E-state index contributed by atoms with van der Waals surface area (Å²) in [6, 6.07) is 0.380. The van der Waals surface area contributed by atoms with Crippen molar-refractivity contribution < 1.29 is 9.90 Å². The van der Waals surface area contributed by atoms with Crippen LogP contribution < -0.4 is 10.6 Å². The molecule has 2 atom stereocenters. The van der Waals surface area contributed by atoms with Gasteiger partial charge < -0.3 is 15.7 Å². The number of hydrogen-bond donors (Lipinski definition) is 3. The first-order chi connectivity index (χ1) is 7.22. The number of rotatable bonds is 5. The molecule has 1 unspecified atom stereocenters. The fourth-order valence-electron chi connectivity index (χ4n) is 1.87. The van der Waals surface area contributed by atoms with Crippen molar-refractivity contribution in [3.8, 4) is 0 Å². The van der Waals surface area contributed by atoms with Crippen LogP contribution in [0.2, 0.25) is 0 Å². The predicted octanol–water partition coefficient (Wildman–Crippen LogP) is 0.406. The summed E-state index contributed by atoms with van der Waals surface area (Å²) < 4.78 is 0. The Labute approximate surface area is 91.4 Å². The van der Waals surface area contributed by atoms with Crippen LogP contribution in [0.3, 0.4) is 0 Å². The lowest BCUT2D eigenvalue weighted by Gasteiger charge is -2.23. The third-order valence-corrected chi connectivity index (χ3v) is 2.81. The van der Waals surface area contributed by atoms with Crippen LogP contribution >= 0.6 is 0 Å². The minimum absolute atomic E-state index is 0.00736. The van der Waals surface area contributed by atoms with E-state index in [0.29, 0.717) is 12.5 Å². The molecule has 4 heteroatoms. The fraction of sp³-hybridized carbons (Fsp3) is 0.909. The van der Waals surface area contributed by atoms with Gasteiger partial charge in [-0.3, -0.25) is 4.79 Å². The van der Waals surface area contributed by atoms with E-state index >= 15 is 0 Å². The van der Waals surface area contributed by atoms with Gasteiger partial charge in [-0.15, -0.1) is 0 Å². The molecule has 1 aliphatic heterocycles. The molecule has 0 aromatic carbocycles. The summed E-state index contributed by atoms with van der Waals surface area (Å²) in [4.78, 5) is 11.4. The van der Waals surface area contributed by atoms with Crippen molar-refractivity contribution in [1.29, 1.82) is 0 Å². The van der Waals surface area contributed by atoms with Gasteiger partial charge in [0.15, 0.2) is 0 Å². The van der Waals surface area contributed by atoms with Crippen LogP contribution in [0.5, 0.6) is 0 Å². The van der Waals surface area contributed by atoms with E-state index in [4.69, 9.17) is 5.11 Å². The summed E-state index contributed by atoms with van der Waals surface area (Å²) in [7, 11) is 0. The molecule has 4 nitrogen and oxygen atoms in total. The van der Waals surface area contributed by atoms with Gasteiger partial charge in [0.2, 0.25) is 5.91 Å². The van der Waals surface area contributed by atoms with Gasteiger partial charge in [-0.2, -0.15) is 0 Å². The van der Waals surface area contributed by atoms with E-state index in [1.165, 1.54) is 19.3 Å². The van der Waals surface area contributed by atoms with E-state index in [9.17, 15) is 4.79 Å². The molecule has 0 aromatic rings. The van der Waals surface area contributed by atoms with Crippen molar-refractivity contribution in [2.45, 2.75) is 51.1 Å². The van der Waals surface area contributed by atoms with Crippen molar-refractivity contribution in [2.75, 3.05) is 13.2 Å². The Bertz CT molecular complexity index is 191. The molecule has 1 saturated heterocycles. The Morgan fingerprint density at radius 1 is 1.60 bits per heavy atom. The minimum Gasteiger partial charge on any atom is -0.394 e. The number of piperidine rings is 1. The second-order valence-corrected chi connectivity index (χ2v) is 4.34. The largest absolute Gasteiger partial charge is 0.394 e. The Hall–Kier alpha value is -0.610. The first-order valence-corrected chi connectivity index (χ1v) is 5.86. The average Bonchev–Trinajstić information content (AvgIpc) is 2.27. The topological polar surface area (TPSA) is 61.4 Å². The zero-order valence-electron chi connectivity index (χ0n) is 9.46. The van der Waals surface area contributed by atoms with Crippen LogP contribution in [0, 0.1) is 0 Å². The van der Waals surface area contributed by atoms with E-state index in [2.05, 4.69) is 10.6 Å². The van der Waals surface area contributed by atoms with Gasteiger partial charge >= 0.3 is 0 Å².